The number of anilines is 2. The van der Waals surface area contributed by atoms with Gasteiger partial charge in [0.15, 0.2) is 0 Å². The summed E-state index contributed by atoms with van der Waals surface area (Å²) in [5.41, 5.74) is 11.1. The van der Waals surface area contributed by atoms with Crippen LogP contribution in [-0.4, -0.2) is 14.1 Å². The molecule has 1 aromatic carbocycles. The minimum atomic E-state index is 0.775. The van der Waals surface area contributed by atoms with Crippen LogP contribution in [-0.2, 0) is 0 Å². The van der Waals surface area contributed by atoms with Crippen LogP contribution in [0.2, 0.25) is 5.02 Å². The van der Waals surface area contributed by atoms with Crippen molar-refractivity contribution in [3.8, 4) is 0 Å². The van der Waals surface area contributed by atoms with Gasteiger partial charge in [-0.3, -0.25) is 0 Å². The van der Waals surface area contributed by atoms with E-state index in [1.54, 1.807) is 0 Å². The molecule has 0 unspecified atom stereocenters. The van der Waals surface area contributed by atoms with Crippen molar-refractivity contribution in [2.24, 2.45) is 0 Å². The van der Waals surface area contributed by atoms with Crippen LogP contribution >= 0.6 is 11.6 Å². The molecule has 0 spiro atoms. The second-order valence-corrected chi connectivity index (χ2v) is 4.22. The van der Waals surface area contributed by atoms with E-state index < -0.39 is 0 Å². The van der Waals surface area contributed by atoms with Gasteiger partial charge >= 0.3 is 0 Å². The van der Waals surface area contributed by atoms with Crippen LogP contribution in [0.4, 0.5) is 11.4 Å². The second kappa shape index (κ2) is 3.70. The van der Waals surface area contributed by atoms with Gasteiger partial charge < -0.3 is 10.6 Å². The zero-order valence-corrected chi connectivity index (χ0v) is 10.2. The first-order chi connectivity index (χ1) is 6.37. The van der Waals surface area contributed by atoms with Crippen LogP contribution in [0.1, 0.15) is 16.7 Å². The smallest absolute Gasteiger partial charge is 0.0505 e. The third kappa shape index (κ3) is 1.55. The third-order valence-electron chi connectivity index (χ3n) is 2.62. The first-order valence-corrected chi connectivity index (χ1v) is 4.97. The van der Waals surface area contributed by atoms with Gasteiger partial charge in [-0.25, -0.2) is 0 Å². The lowest BCUT2D eigenvalue weighted by Gasteiger charge is -2.22. The van der Waals surface area contributed by atoms with Crippen molar-refractivity contribution >= 4 is 23.0 Å². The normalized spacial score (nSPS) is 10.4. The van der Waals surface area contributed by atoms with E-state index in [0.717, 1.165) is 33.1 Å². The molecule has 0 aromatic heterocycles. The van der Waals surface area contributed by atoms with E-state index in [0.29, 0.717) is 0 Å². The molecular formula is C11H17ClN2. The maximum absolute atomic E-state index is 6.20. The lowest BCUT2D eigenvalue weighted by molar-refractivity contribution is 1.09. The second-order valence-electron chi connectivity index (χ2n) is 3.85. The molecule has 0 aliphatic heterocycles. The SMILES string of the molecule is Cc1c(N)c(C)c(N(C)C)c(C)c1Cl. The van der Waals surface area contributed by atoms with E-state index >= 15 is 0 Å². The van der Waals surface area contributed by atoms with Crippen LogP contribution in [0.5, 0.6) is 0 Å². The Morgan fingerprint density at radius 1 is 1.00 bits per heavy atom. The van der Waals surface area contributed by atoms with Gasteiger partial charge in [-0.15, -0.1) is 0 Å². The Labute approximate surface area is 90.7 Å². The highest BCUT2D eigenvalue weighted by Gasteiger charge is 2.14. The Morgan fingerprint density at radius 3 is 1.93 bits per heavy atom. The van der Waals surface area contributed by atoms with Gasteiger partial charge in [-0.1, -0.05) is 11.6 Å². The Kier molecular flexibility index (Phi) is 2.95. The number of rotatable bonds is 1. The molecule has 1 rings (SSSR count). The number of nitrogen functional groups attached to an aromatic ring is 1. The number of nitrogens with two attached hydrogens (primary N) is 1. The molecule has 78 valence electrons. The fourth-order valence-corrected chi connectivity index (χ4v) is 2.06. The molecule has 0 saturated heterocycles. The number of hydrogen-bond donors (Lipinski definition) is 1. The van der Waals surface area contributed by atoms with Crippen LogP contribution < -0.4 is 10.6 Å². The zero-order valence-electron chi connectivity index (χ0n) is 9.40. The number of halogens is 1. The monoisotopic (exact) mass is 212 g/mol. The lowest BCUT2D eigenvalue weighted by Crippen LogP contribution is -2.14. The topological polar surface area (TPSA) is 29.3 Å². The Morgan fingerprint density at radius 2 is 1.50 bits per heavy atom. The number of benzene rings is 1. The van der Waals surface area contributed by atoms with E-state index in [-0.39, 0.29) is 0 Å². The summed E-state index contributed by atoms with van der Waals surface area (Å²) in [6, 6.07) is 0. The molecule has 0 aliphatic carbocycles. The third-order valence-corrected chi connectivity index (χ3v) is 3.19. The standard InChI is InChI=1S/C11H17ClN2/c1-6-9(12)7(2)11(14(4)5)8(3)10(6)13/h13H2,1-5H3. The molecule has 0 radical (unpaired) electrons. The van der Waals surface area contributed by atoms with Gasteiger partial charge in [0.1, 0.15) is 0 Å². The van der Waals surface area contributed by atoms with Gasteiger partial charge in [0, 0.05) is 25.5 Å². The Bertz CT molecular complexity index is 341. The predicted molar refractivity (Wildman–Crippen MR) is 64.4 cm³/mol. The molecule has 0 aliphatic rings. The zero-order chi connectivity index (χ0) is 11.0. The highest BCUT2D eigenvalue weighted by Crippen LogP contribution is 2.36. The minimum absolute atomic E-state index is 0.775. The fraction of sp³-hybridized carbons (Fsp3) is 0.455. The average molecular weight is 213 g/mol. The van der Waals surface area contributed by atoms with Gasteiger partial charge in [-0.2, -0.15) is 0 Å². The number of hydrogen-bond acceptors (Lipinski definition) is 2. The quantitative estimate of drug-likeness (QED) is 0.726. The summed E-state index contributed by atoms with van der Waals surface area (Å²) in [6.07, 6.45) is 0. The molecule has 0 atom stereocenters. The molecule has 14 heavy (non-hydrogen) atoms. The molecule has 0 amide bonds. The van der Waals surface area contributed by atoms with Gasteiger partial charge in [0.2, 0.25) is 0 Å². The Balaban J connectivity index is 3.60. The molecule has 0 heterocycles. The molecule has 2 N–H and O–H groups in total. The fourth-order valence-electron chi connectivity index (χ4n) is 1.86. The molecular weight excluding hydrogens is 196 g/mol. The van der Waals surface area contributed by atoms with Crippen molar-refractivity contribution in [3.63, 3.8) is 0 Å². The van der Waals surface area contributed by atoms with Crippen molar-refractivity contribution in [1.82, 2.24) is 0 Å². The van der Waals surface area contributed by atoms with E-state index in [4.69, 9.17) is 17.3 Å². The summed E-state index contributed by atoms with van der Waals surface area (Å²) in [6.45, 7) is 6.01. The lowest BCUT2D eigenvalue weighted by atomic mass is 10.0. The van der Waals surface area contributed by atoms with E-state index in [1.807, 2.05) is 39.8 Å². The summed E-state index contributed by atoms with van der Waals surface area (Å²) in [5.74, 6) is 0. The summed E-state index contributed by atoms with van der Waals surface area (Å²) in [4.78, 5) is 2.05. The highest BCUT2D eigenvalue weighted by atomic mass is 35.5. The van der Waals surface area contributed by atoms with Crippen molar-refractivity contribution in [3.05, 3.63) is 21.7 Å². The van der Waals surface area contributed by atoms with Crippen molar-refractivity contribution in [1.29, 1.82) is 0 Å². The van der Waals surface area contributed by atoms with Crippen LogP contribution in [0.15, 0.2) is 0 Å². The summed E-state index contributed by atoms with van der Waals surface area (Å²) >= 11 is 6.20. The molecule has 0 fully saturated rings. The average Bonchev–Trinajstić information content (AvgIpc) is 2.11. The maximum Gasteiger partial charge on any atom is 0.0505 e. The van der Waals surface area contributed by atoms with Gasteiger partial charge in [0.25, 0.3) is 0 Å². The maximum atomic E-state index is 6.20. The summed E-state index contributed by atoms with van der Waals surface area (Å²) in [7, 11) is 4.00. The van der Waals surface area contributed by atoms with Gasteiger partial charge in [-0.05, 0) is 37.5 Å². The first kappa shape index (κ1) is 11.2. The van der Waals surface area contributed by atoms with E-state index in [2.05, 4.69) is 0 Å². The largest absolute Gasteiger partial charge is 0.398 e. The van der Waals surface area contributed by atoms with Crippen molar-refractivity contribution < 1.29 is 0 Å². The molecule has 3 heteroatoms. The number of nitrogens with zero attached hydrogens (tertiary/aromatic N) is 1. The molecule has 0 bridgehead atoms. The van der Waals surface area contributed by atoms with Crippen molar-refractivity contribution in [2.45, 2.75) is 20.8 Å². The van der Waals surface area contributed by atoms with Crippen molar-refractivity contribution in [2.75, 3.05) is 24.7 Å². The van der Waals surface area contributed by atoms with Crippen LogP contribution in [0.3, 0.4) is 0 Å². The Hall–Kier alpha value is -0.890. The van der Waals surface area contributed by atoms with E-state index in [1.165, 1.54) is 0 Å². The van der Waals surface area contributed by atoms with Crippen LogP contribution in [0, 0.1) is 20.8 Å². The molecule has 1 aromatic rings. The van der Waals surface area contributed by atoms with E-state index in [9.17, 15) is 0 Å². The summed E-state index contributed by atoms with van der Waals surface area (Å²) in [5, 5.41) is 0.775. The molecule has 0 saturated carbocycles. The van der Waals surface area contributed by atoms with Crippen LogP contribution in [0.25, 0.3) is 0 Å². The first-order valence-electron chi connectivity index (χ1n) is 4.60. The molecule has 2 nitrogen and oxygen atoms in total. The minimum Gasteiger partial charge on any atom is -0.398 e. The van der Waals surface area contributed by atoms with Gasteiger partial charge in [0.05, 0.1) is 5.02 Å². The summed E-state index contributed by atoms with van der Waals surface area (Å²) < 4.78 is 0. The predicted octanol–water partition coefficient (Wildman–Crippen LogP) is 2.91. The highest BCUT2D eigenvalue weighted by molar-refractivity contribution is 6.33.